The second-order valence-corrected chi connectivity index (χ2v) is 4.50. The fourth-order valence-corrected chi connectivity index (χ4v) is 1.64. The molecule has 2 atom stereocenters. The summed E-state index contributed by atoms with van der Waals surface area (Å²) >= 11 is 0. The van der Waals surface area contributed by atoms with Gasteiger partial charge in [0.1, 0.15) is 0 Å². The highest BCUT2D eigenvalue weighted by molar-refractivity contribution is 5.85. The van der Waals surface area contributed by atoms with Crippen LogP contribution in [0.3, 0.4) is 0 Å². The van der Waals surface area contributed by atoms with E-state index in [0.717, 1.165) is 5.56 Å². The Labute approximate surface area is 119 Å². The van der Waals surface area contributed by atoms with Crippen LogP contribution in [-0.2, 0) is 9.53 Å². The van der Waals surface area contributed by atoms with E-state index in [1.54, 1.807) is 19.1 Å². The van der Waals surface area contributed by atoms with Crippen molar-refractivity contribution in [1.82, 2.24) is 0 Å². The Morgan fingerprint density at radius 3 is 2.16 bits per heavy atom. The van der Waals surface area contributed by atoms with E-state index in [1.165, 1.54) is 0 Å². The third-order valence-corrected chi connectivity index (χ3v) is 2.82. The summed E-state index contributed by atoms with van der Waals surface area (Å²) in [6.45, 7) is 5.93. The molecule has 3 nitrogen and oxygen atoms in total. The smallest absolute Gasteiger partial charge is 0.342 e. The summed E-state index contributed by atoms with van der Waals surface area (Å²) in [5.74, 6) is -0.501. The van der Waals surface area contributed by atoms with Crippen molar-refractivity contribution < 1.29 is 13.9 Å². The molecule has 2 N–H and O–H groups in total. The van der Waals surface area contributed by atoms with E-state index in [9.17, 15) is 9.18 Å². The van der Waals surface area contributed by atoms with Gasteiger partial charge in [-0.1, -0.05) is 38.1 Å². The highest BCUT2D eigenvalue weighted by Crippen LogP contribution is 2.21. The van der Waals surface area contributed by atoms with Crippen LogP contribution in [0.15, 0.2) is 24.3 Å². The first kappa shape index (κ1) is 17.9. The minimum Gasteiger partial charge on any atom is -0.464 e. The Balaban J connectivity index is 0.00000324. The Morgan fingerprint density at radius 2 is 1.74 bits per heavy atom. The zero-order valence-corrected chi connectivity index (χ0v) is 12.2. The van der Waals surface area contributed by atoms with E-state index >= 15 is 0 Å². The molecule has 0 heterocycles. The molecule has 0 saturated heterocycles. The topological polar surface area (TPSA) is 52.3 Å². The van der Waals surface area contributed by atoms with Crippen LogP contribution >= 0.6 is 12.4 Å². The van der Waals surface area contributed by atoms with Crippen molar-refractivity contribution in [3.63, 3.8) is 0 Å². The molecule has 19 heavy (non-hydrogen) atoms. The van der Waals surface area contributed by atoms with Gasteiger partial charge in [0.15, 0.2) is 0 Å². The molecule has 0 spiro atoms. The molecule has 108 valence electrons. The molecule has 5 heteroatoms. The molecule has 0 aliphatic heterocycles. The molecule has 0 amide bonds. The quantitative estimate of drug-likeness (QED) is 0.847. The Morgan fingerprint density at radius 1 is 1.26 bits per heavy atom. The summed E-state index contributed by atoms with van der Waals surface area (Å²) in [4.78, 5) is 11.3. The monoisotopic (exact) mass is 289 g/mol. The standard InChI is InChI=1S/C14H20FNO2.ClH/c1-4-18-14(17)12(15)13(16)11-7-5-10(6-8-11)9(2)3;/h5-9,12-13H,4,16H2,1-3H3;1H/t12?,13-;/m1./s1. The van der Waals surface area contributed by atoms with E-state index in [-0.39, 0.29) is 19.0 Å². The van der Waals surface area contributed by atoms with Crippen LogP contribution in [0.5, 0.6) is 0 Å². The van der Waals surface area contributed by atoms with Gasteiger partial charge in [0.05, 0.1) is 12.6 Å². The first-order chi connectivity index (χ1) is 8.47. The molecular weight excluding hydrogens is 269 g/mol. The lowest BCUT2D eigenvalue weighted by atomic mass is 9.97. The minimum absolute atomic E-state index is 0. The van der Waals surface area contributed by atoms with Crippen molar-refractivity contribution in [2.24, 2.45) is 5.73 Å². The van der Waals surface area contributed by atoms with E-state index < -0.39 is 18.2 Å². The zero-order chi connectivity index (χ0) is 13.7. The third-order valence-electron chi connectivity index (χ3n) is 2.82. The first-order valence-corrected chi connectivity index (χ1v) is 6.13. The van der Waals surface area contributed by atoms with Gasteiger partial charge in [-0.05, 0) is 24.0 Å². The van der Waals surface area contributed by atoms with E-state index in [0.29, 0.717) is 11.5 Å². The van der Waals surface area contributed by atoms with Crippen LogP contribution < -0.4 is 5.73 Å². The van der Waals surface area contributed by atoms with E-state index in [2.05, 4.69) is 18.6 Å². The molecule has 0 aromatic heterocycles. The molecule has 0 bridgehead atoms. The van der Waals surface area contributed by atoms with Crippen LogP contribution in [-0.4, -0.2) is 18.7 Å². The third kappa shape index (κ3) is 4.80. The fourth-order valence-electron chi connectivity index (χ4n) is 1.64. The maximum atomic E-state index is 13.7. The Kier molecular flexibility index (Phi) is 7.64. The number of halogens is 2. The van der Waals surface area contributed by atoms with Gasteiger partial charge in [-0.2, -0.15) is 0 Å². The highest BCUT2D eigenvalue weighted by atomic mass is 35.5. The SMILES string of the molecule is CCOC(=O)C(F)[C@H](N)c1ccc(C(C)C)cc1.Cl. The molecule has 1 aromatic rings. The van der Waals surface area contributed by atoms with Crippen LogP contribution in [0, 0.1) is 0 Å². The lowest BCUT2D eigenvalue weighted by Crippen LogP contribution is -2.31. The summed E-state index contributed by atoms with van der Waals surface area (Å²) in [6.07, 6.45) is -1.82. The molecule has 1 aromatic carbocycles. The lowest BCUT2D eigenvalue weighted by Gasteiger charge is -2.16. The number of nitrogens with two attached hydrogens (primary N) is 1. The van der Waals surface area contributed by atoms with Gasteiger partial charge in [0.25, 0.3) is 0 Å². The number of carbonyl (C=O) groups excluding carboxylic acids is 1. The molecular formula is C14H21ClFNO2. The van der Waals surface area contributed by atoms with Crippen molar-refractivity contribution in [2.75, 3.05) is 6.61 Å². The van der Waals surface area contributed by atoms with Crippen molar-refractivity contribution in [1.29, 1.82) is 0 Å². The summed E-state index contributed by atoms with van der Waals surface area (Å²) < 4.78 is 18.3. The number of benzene rings is 1. The van der Waals surface area contributed by atoms with Crippen LogP contribution in [0.2, 0.25) is 0 Å². The van der Waals surface area contributed by atoms with Crippen molar-refractivity contribution in [3.8, 4) is 0 Å². The van der Waals surface area contributed by atoms with Crippen molar-refractivity contribution >= 4 is 18.4 Å². The number of ether oxygens (including phenoxy) is 1. The van der Waals surface area contributed by atoms with Gasteiger partial charge in [-0.15, -0.1) is 12.4 Å². The molecule has 1 rings (SSSR count). The van der Waals surface area contributed by atoms with Gasteiger partial charge >= 0.3 is 5.97 Å². The van der Waals surface area contributed by atoms with Gasteiger partial charge in [0, 0.05) is 0 Å². The normalized spacial score (nSPS) is 13.6. The maximum absolute atomic E-state index is 13.7. The fraction of sp³-hybridized carbons (Fsp3) is 0.500. The maximum Gasteiger partial charge on any atom is 0.342 e. The first-order valence-electron chi connectivity index (χ1n) is 6.13. The number of alkyl halides is 1. The average molecular weight is 290 g/mol. The predicted molar refractivity (Wildman–Crippen MR) is 76.2 cm³/mol. The van der Waals surface area contributed by atoms with E-state index in [4.69, 9.17) is 5.73 Å². The highest BCUT2D eigenvalue weighted by Gasteiger charge is 2.27. The van der Waals surface area contributed by atoms with Crippen LogP contribution in [0.25, 0.3) is 0 Å². The van der Waals surface area contributed by atoms with Crippen LogP contribution in [0.1, 0.15) is 43.9 Å². The number of hydrogen-bond donors (Lipinski definition) is 1. The summed E-state index contributed by atoms with van der Waals surface area (Å²) in [7, 11) is 0. The molecule has 0 aliphatic carbocycles. The van der Waals surface area contributed by atoms with Gasteiger partial charge in [-0.3, -0.25) is 0 Å². The number of esters is 1. The molecule has 0 aliphatic rings. The molecule has 1 unspecified atom stereocenters. The van der Waals surface area contributed by atoms with Crippen molar-refractivity contribution in [2.45, 2.75) is 38.9 Å². The summed E-state index contributed by atoms with van der Waals surface area (Å²) in [5.41, 5.74) is 7.47. The average Bonchev–Trinajstić information content (AvgIpc) is 2.37. The minimum atomic E-state index is -1.82. The van der Waals surface area contributed by atoms with Crippen molar-refractivity contribution in [3.05, 3.63) is 35.4 Å². The Hall–Kier alpha value is -1.13. The van der Waals surface area contributed by atoms with Crippen LogP contribution in [0.4, 0.5) is 4.39 Å². The lowest BCUT2D eigenvalue weighted by molar-refractivity contribution is -0.149. The second kappa shape index (κ2) is 8.12. The summed E-state index contributed by atoms with van der Waals surface area (Å²) in [6, 6.07) is 6.33. The number of rotatable bonds is 5. The van der Waals surface area contributed by atoms with Gasteiger partial charge < -0.3 is 10.5 Å². The van der Waals surface area contributed by atoms with Gasteiger partial charge in [-0.25, -0.2) is 9.18 Å². The Bertz CT molecular complexity index is 395. The second-order valence-electron chi connectivity index (χ2n) is 4.50. The number of carbonyl (C=O) groups is 1. The van der Waals surface area contributed by atoms with Gasteiger partial charge in [0.2, 0.25) is 6.17 Å². The zero-order valence-electron chi connectivity index (χ0n) is 11.4. The number of hydrogen-bond acceptors (Lipinski definition) is 3. The molecule has 0 fully saturated rings. The summed E-state index contributed by atoms with van der Waals surface area (Å²) in [5, 5.41) is 0. The van der Waals surface area contributed by atoms with E-state index in [1.807, 2.05) is 12.1 Å². The molecule has 0 radical (unpaired) electrons. The predicted octanol–water partition coefficient (Wildman–Crippen LogP) is 3.13. The largest absolute Gasteiger partial charge is 0.464 e. The molecule has 0 saturated carbocycles.